The lowest BCUT2D eigenvalue weighted by Crippen LogP contribution is -2.64. The second-order valence-corrected chi connectivity index (χ2v) is 8.27. The number of halogens is 4. The molecule has 0 spiro atoms. The molecule has 3 unspecified atom stereocenters. The molecule has 8 heteroatoms. The van der Waals surface area contributed by atoms with Crippen molar-refractivity contribution < 1.29 is 19.4 Å². The Bertz CT molecular complexity index is 936. The molecular weight excluding hydrogens is 434 g/mol. The van der Waals surface area contributed by atoms with Gasteiger partial charge in [0.2, 0.25) is 0 Å². The molecule has 1 aromatic rings. The van der Waals surface area contributed by atoms with E-state index in [1.807, 2.05) is 0 Å². The highest BCUT2D eigenvalue weighted by Crippen LogP contribution is 2.60. The summed E-state index contributed by atoms with van der Waals surface area (Å²) in [6.45, 7) is 3.75. The standard InChI is InChI=1S/C19H14Cl4O4/c1-3-9-6-7-18(22)16(25)14(20)15(21)17(26)19(18,23)13(9)11-5-4-10(27-2)8-12(11)24/h3-6,8,13,24H,1,7H2,2H3. The number of hydrogen-bond acceptors (Lipinski definition) is 4. The Balaban J connectivity index is 2.33. The van der Waals surface area contributed by atoms with Crippen LogP contribution < -0.4 is 4.74 Å². The smallest absolute Gasteiger partial charge is 0.199 e. The van der Waals surface area contributed by atoms with E-state index in [9.17, 15) is 14.7 Å². The van der Waals surface area contributed by atoms with Crippen LogP contribution in [0, 0.1) is 0 Å². The topological polar surface area (TPSA) is 63.6 Å². The van der Waals surface area contributed by atoms with Crippen LogP contribution in [0.1, 0.15) is 17.9 Å². The van der Waals surface area contributed by atoms with Crippen molar-refractivity contribution in [1.29, 1.82) is 0 Å². The first-order valence-electron chi connectivity index (χ1n) is 7.85. The minimum Gasteiger partial charge on any atom is -0.508 e. The molecule has 0 amide bonds. The molecule has 2 aliphatic carbocycles. The maximum atomic E-state index is 13.1. The van der Waals surface area contributed by atoms with E-state index in [2.05, 4.69) is 6.58 Å². The van der Waals surface area contributed by atoms with Crippen molar-refractivity contribution in [2.24, 2.45) is 0 Å². The highest BCUT2D eigenvalue weighted by Gasteiger charge is 2.68. The van der Waals surface area contributed by atoms with Gasteiger partial charge in [-0.3, -0.25) is 9.59 Å². The third-order valence-electron chi connectivity index (χ3n) is 4.99. The van der Waals surface area contributed by atoms with E-state index in [1.165, 1.54) is 19.3 Å². The lowest BCUT2D eigenvalue weighted by Gasteiger charge is -2.50. The van der Waals surface area contributed by atoms with Crippen molar-refractivity contribution >= 4 is 58.0 Å². The van der Waals surface area contributed by atoms with Crippen LogP contribution in [0.4, 0.5) is 0 Å². The summed E-state index contributed by atoms with van der Waals surface area (Å²) in [6, 6.07) is 4.52. The Hall–Kier alpha value is -1.46. The Morgan fingerprint density at radius 3 is 2.41 bits per heavy atom. The molecule has 1 N–H and O–H groups in total. The maximum Gasteiger partial charge on any atom is 0.199 e. The number of Topliss-reactive ketones (excluding diaryl/α,β-unsaturated/α-hetero) is 2. The zero-order valence-corrected chi connectivity index (χ0v) is 17.1. The third-order valence-corrected chi connectivity index (χ3v) is 7.24. The van der Waals surface area contributed by atoms with Gasteiger partial charge in [0.25, 0.3) is 0 Å². The minimum absolute atomic E-state index is 0.0439. The predicted molar refractivity (Wildman–Crippen MR) is 106 cm³/mol. The van der Waals surface area contributed by atoms with Gasteiger partial charge in [0.15, 0.2) is 11.6 Å². The molecule has 0 aromatic heterocycles. The van der Waals surface area contributed by atoms with E-state index >= 15 is 0 Å². The van der Waals surface area contributed by atoms with E-state index in [0.29, 0.717) is 11.3 Å². The van der Waals surface area contributed by atoms with Gasteiger partial charge in [-0.2, -0.15) is 0 Å². The number of alkyl halides is 2. The van der Waals surface area contributed by atoms with Crippen LogP contribution in [0.5, 0.6) is 11.5 Å². The number of hydrogen-bond donors (Lipinski definition) is 1. The Morgan fingerprint density at radius 1 is 1.22 bits per heavy atom. The van der Waals surface area contributed by atoms with Gasteiger partial charge in [-0.1, -0.05) is 48.0 Å². The molecule has 0 heterocycles. The van der Waals surface area contributed by atoms with Gasteiger partial charge in [0.05, 0.1) is 7.11 Å². The van der Waals surface area contributed by atoms with Crippen molar-refractivity contribution in [3.63, 3.8) is 0 Å². The number of allylic oxidation sites excluding steroid dienone is 5. The van der Waals surface area contributed by atoms with E-state index in [0.717, 1.165) is 0 Å². The number of carbonyl (C=O) groups is 2. The van der Waals surface area contributed by atoms with E-state index < -0.39 is 37.3 Å². The lowest BCUT2D eigenvalue weighted by atomic mass is 9.62. The van der Waals surface area contributed by atoms with Crippen LogP contribution in [-0.4, -0.2) is 33.5 Å². The molecule has 2 aliphatic rings. The summed E-state index contributed by atoms with van der Waals surface area (Å²) in [5.41, 5.74) is 0.815. The number of ether oxygens (including phenoxy) is 1. The number of rotatable bonds is 3. The molecule has 0 bridgehead atoms. The SMILES string of the molecule is C=CC1=CCC2(Cl)C(=O)C(Cl)=C(Cl)C(=O)C2(Cl)C1c1ccc(OC)cc1O. The van der Waals surface area contributed by atoms with Gasteiger partial charge < -0.3 is 9.84 Å². The van der Waals surface area contributed by atoms with Crippen LogP contribution >= 0.6 is 46.4 Å². The summed E-state index contributed by atoms with van der Waals surface area (Å²) in [5.74, 6) is -2.27. The Kier molecular flexibility index (Phi) is 5.15. The fourth-order valence-corrected chi connectivity index (χ4v) is 5.02. The fraction of sp³-hybridized carbons (Fsp3) is 0.263. The van der Waals surface area contributed by atoms with E-state index in [-0.39, 0.29) is 17.7 Å². The van der Waals surface area contributed by atoms with Crippen molar-refractivity contribution in [1.82, 2.24) is 0 Å². The second kappa shape index (κ2) is 6.85. The van der Waals surface area contributed by atoms with Gasteiger partial charge in [0.1, 0.15) is 31.3 Å². The molecule has 3 rings (SSSR count). The average Bonchev–Trinajstić information content (AvgIpc) is 2.66. The largest absolute Gasteiger partial charge is 0.508 e. The van der Waals surface area contributed by atoms with Crippen molar-refractivity contribution in [3.8, 4) is 11.5 Å². The molecule has 27 heavy (non-hydrogen) atoms. The van der Waals surface area contributed by atoms with Crippen LogP contribution in [0.15, 0.2) is 52.6 Å². The van der Waals surface area contributed by atoms with Crippen LogP contribution in [0.3, 0.4) is 0 Å². The number of methoxy groups -OCH3 is 1. The quantitative estimate of drug-likeness (QED) is 0.676. The highest BCUT2D eigenvalue weighted by atomic mass is 35.5. The maximum absolute atomic E-state index is 13.1. The summed E-state index contributed by atoms with van der Waals surface area (Å²) >= 11 is 25.4. The number of phenolic OH excluding ortho intramolecular Hbond substituents is 1. The van der Waals surface area contributed by atoms with Crippen molar-refractivity contribution in [3.05, 3.63) is 58.1 Å². The molecule has 1 aromatic carbocycles. The number of carbonyl (C=O) groups excluding carboxylic acids is 2. The highest BCUT2D eigenvalue weighted by molar-refractivity contribution is 6.66. The van der Waals surface area contributed by atoms with Gasteiger partial charge in [-0.25, -0.2) is 0 Å². The Labute approximate surface area is 176 Å². The number of ketones is 2. The van der Waals surface area contributed by atoms with E-state index in [4.69, 9.17) is 51.1 Å². The monoisotopic (exact) mass is 446 g/mol. The van der Waals surface area contributed by atoms with Crippen molar-refractivity contribution in [2.45, 2.75) is 22.1 Å². The van der Waals surface area contributed by atoms with Crippen LogP contribution in [-0.2, 0) is 9.59 Å². The molecule has 0 fully saturated rings. The predicted octanol–water partition coefficient (Wildman–Crippen LogP) is 4.80. The molecular formula is C19H14Cl4O4. The summed E-state index contributed by atoms with van der Waals surface area (Å²) in [5, 5.41) is 9.62. The zero-order chi connectivity index (χ0) is 20.1. The molecule has 0 radical (unpaired) electrons. The first-order valence-corrected chi connectivity index (χ1v) is 9.36. The summed E-state index contributed by atoms with van der Waals surface area (Å²) in [6.07, 6.45) is 3.11. The molecule has 3 atom stereocenters. The number of fused-ring (bicyclic) bond motifs is 1. The van der Waals surface area contributed by atoms with Gasteiger partial charge in [0, 0.05) is 17.5 Å². The molecule has 0 saturated carbocycles. The third kappa shape index (κ3) is 2.65. The first kappa shape index (κ1) is 20.3. The normalized spacial score (nSPS) is 30.7. The number of aromatic hydroxyl groups is 1. The average molecular weight is 448 g/mol. The van der Waals surface area contributed by atoms with Gasteiger partial charge in [-0.05, 0) is 18.1 Å². The number of benzene rings is 1. The van der Waals surface area contributed by atoms with Crippen LogP contribution in [0.2, 0.25) is 0 Å². The van der Waals surface area contributed by atoms with Crippen molar-refractivity contribution in [2.75, 3.05) is 7.11 Å². The molecule has 0 saturated heterocycles. The first-order chi connectivity index (χ1) is 12.6. The lowest BCUT2D eigenvalue weighted by molar-refractivity contribution is -0.127. The van der Waals surface area contributed by atoms with Gasteiger partial charge >= 0.3 is 0 Å². The molecule has 0 aliphatic heterocycles. The summed E-state index contributed by atoms with van der Waals surface area (Å²) < 4.78 is 5.09. The molecule has 142 valence electrons. The summed E-state index contributed by atoms with van der Waals surface area (Å²) in [7, 11) is 1.45. The summed E-state index contributed by atoms with van der Waals surface area (Å²) in [4.78, 5) is 22.1. The fourth-order valence-electron chi connectivity index (χ4n) is 3.57. The minimum atomic E-state index is -1.99. The Morgan fingerprint density at radius 2 is 1.85 bits per heavy atom. The molecule has 4 nitrogen and oxygen atoms in total. The second-order valence-electron chi connectivity index (χ2n) is 6.27. The number of phenols is 1. The van der Waals surface area contributed by atoms with E-state index in [1.54, 1.807) is 18.2 Å². The van der Waals surface area contributed by atoms with Crippen LogP contribution in [0.25, 0.3) is 0 Å². The zero-order valence-electron chi connectivity index (χ0n) is 14.1. The van der Waals surface area contributed by atoms with Gasteiger partial charge in [-0.15, -0.1) is 23.2 Å².